The SMILES string of the molecule is CN(C)C(=O)CCNCCCOc1ccccc1. The molecule has 1 N–H and O–H groups in total. The molecule has 1 aromatic carbocycles. The van der Waals surface area contributed by atoms with Crippen molar-refractivity contribution in [2.45, 2.75) is 12.8 Å². The number of benzene rings is 1. The lowest BCUT2D eigenvalue weighted by atomic mass is 10.3. The minimum atomic E-state index is 0.156. The van der Waals surface area contributed by atoms with Gasteiger partial charge in [-0.15, -0.1) is 0 Å². The molecule has 0 aliphatic rings. The third-order valence-corrected chi connectivity index (χ3v) is 2.52. The molecule has 100 valence electrons. The molecule has 0 unspecified atom stereocenters. The summed E-state index contributed by atoms with van der Waals surface area (Å²) in [6.07, 6.45) is 1.48. The molecule has 1 amide bonds. The van der Waals surface area contributed by atoms with Gasteiger partial charge in [-0.2, -0.15) is 0 Å². The lowest BCUT2D eigenvalue weighted by Crippen LogP contribution is -2.27. The highest BCUT2D eigenvalue weighted by Crippen LogP contribution is 2.07. The zero-order chi connectivity index (χ0) is 13.2. The number of para-hydroxylation sites is 1. The number of rotatable bonds is 8. The quantitative estimate of drug-likeness (QED) is 0.711. The summed E-state index contributed by atoms with van der Waals surface area (Å²) < 4.78 is 5.56. The number of carbonyl (C=O) groups excluding carboxylic acids is 1. The highest BCUT2D eigenvalue weighted by molar-refractivity contribution is 5.75. The summed E-state index contributed by atoms with van der Waals surface area (Å²) in [5.41, 5.74) is 0. The summed E-state index contributed by atoms with van der Waals surface area (Å²) in [4.78, 5) is 12.9. The molecule has 4 heteroatoms. The van der Waals surface area contributed by atoms with Crippen molar-refractivity contribution in [3.63, 3.8) is 0 Å². The second kappa shape index (κ2) is 8.53. The van der Waals surface area contributed by atoms with E-state index in [2.05, 4.69) is 5.32 Å². The van der Waals surface area contributed by atoms with Crippen LogP contribution in [0, 0.1) is 0 Å². The van der Waals surface area contributed by atoms with E-state index in [0.29, 0.717) is 13.0 Å². The molecule has 0 aliphatic carbocycles. The number of carbonyl (C=O) groups is 1. The number of hydrogen-bond acceptors (Lipinski definition) is 3. The molecule has 18 heavy (non-hydrogen) atoms. The van der Waals surface area contributed by atoms with Crippen molar-refractivity contribution in [3.05, 3.63) is 30.3 Å². The smallest absolute Gasteiger partial charge is 0.223 e. The summed E-state index contributed by atoms with van der Waals surface area (Å²) in [6.45, 7) is 2.29. The maximum absolute atomic E-state index is 11.3. The van der Waals surface area contributed by atoms with E-state index in [0.717, 1.165) is 25.3 Å². The summed E-state index contributed by atoms with van der Waals surface area (Å²) in [5.74, 6) is 1.06. The molecule has 0 bridgehead atoms. The maximum atomic E-state index is 11.3. The topological polar surface area (TPSA) is 41.6 Å². The molecule has 0 heterocycles. The van der Waals surface area contributed by atoms with Crippen LogP contribution < -0.4 is 10.1 Å². The summed E-state index contributed by atoms with van der Waals surface area (Å²) >= 11 is 0. The second-order valence-electron chi connectivity index (χ2n) is 4.30. The standard InChI is InChI=1S/C14H22N2O2/c1-16(2)14(17)9-11-15-10-6-12-18-13-7-4-3-5-8-13/h3-5,7-8,15H,6,9-12H2,1-2H3. The third-order valence-electron chi connectivity index (χ3n) is 2.52. The number of nitrogens with zero attached hydrogens (tertiary/aromatic N) is 1. The predicted octanol–water partition coefficient (Wildman–Crippen LogP) is 1.52. The molecule has 0 atom stereocenters. The van der Waals surface area contributed by atoms with Crippen molar-refractivity contribution in [2.75, 3.05) is 33.8 Å². The van der Waals surface area contributed by atoms with Gasteiger partial charge in [-0.25, -0.2) is 0 Å². The van der Waals surface area contributed by atoms with Gasteiger partial charge >= 0.3 is 0 Å². The predicted molar refractivity (Wildman–Crippen MR) is 72.7 cm³/mol. The van der Waals surface area contributed by atoms with E-state index in [-0.39, 0.29) is 5.91 Å². The molecule has 0 fully saturated rings. The Morgan fingerprint density at radius 1 is 1.22 bits per heavy atom. The lowest BCUT2D eigenvalue weighted by Gasteiger charge is -2.10. The van der Waals surface area contributed by atoms with Gasteiger partial charge in [0, 0.05) is 27.1 Å². The molecule has 0 aromatic heterocycles. The van der Waals surface area contributed by atoms with Crippen molar-refractivity contribution in [3.8, 4) is 5.75 Å². The summed E-state index contributed by atoms with van der Waals surface area (Å²) in [5, 5.41) is 3.23. The Kier molecular flexibility index (Phi) is 6.87. The first-order valence-electron chi connectivity index (χ1n) is 6.29. The van der Waals surface area contributed by atoms with Crippen molar-refractivity contribution in [2.24, 2.45) is 0 Å². The molecule has 0 spiro atoms. The molecule has 0 aliphatic heterocycles. The van der Waals surface area contributed by atoms with Crippen LogP contribution in [0.5, 0.6) is 5.75 Å². The molecule has 1 aromatic rings. The molecule has 0 saturated heterocycles. The summed E-state index contributed by atoms with van der Waals surface area (Å²) in [6, 6.07) is 9.78. The van der Waals surface area contributed by atoms with Crippen LogP contribution in [-0.4, -0.2) is 44.6 Å². The third kappa shape index (κ3) is 6.25. The Morgan fingerprint density at radius 2 is 1.94 bits per heavy atom. The fourth-order valence-corrected chi connectivity index (χ4v) is 1.45. The van der Waals surface area contributed by atoms with E-state index in [1.165, 1.54) is 0 Å². The normalized spacial score (nSPS) is 10.1. The van der Waals surface area contributed by atoms with Gasteiger partial charge in [-0.3, -0.25) is 4.79 Å². The number of hydrogen-bond donors (Lipinski definition) is 1. The maximum Gasteiger partial charge on any atom is 0.223 e. The molecule has 4 nitrogen and oxygen atoms in total. The Balaban J connectivity index is 1.95. The van der Waals surface area contributed by atoms with E-state index in [9.17, 15) is 4.79 Å². The van der Waals surface area contributed by atoms with Crippen LogP contribution in [0.2, 0.25) is 0 Å². The van der Waals surface area contributed by atoms with Crippen molar-refractivity contribution < 1.29 is 9.53 Å². The van der Waals surface area contributed by atoms with Gasteiger partial charge in [0.25, 0.3) is 0 Å². The largest absolute Gasteiger partial charge is 0.494 e. The first-order chi connectivity index (χ1) is 8.70. The average molecular weight is 250 g/mol. The number of amides is 1. The fourth-order valence-electron chi connectivity index (χ4n) is 1.45. The van der Waals surface area contributed by atoms with Gasteiger partial charge in [0.05, 0.1) is 6.61 Å². The summed E-state index contributed by atoms with van der Waals surface area (Å²) in [7, 11) is 3.55. The molecule has 1 rings (SSSR count). The number of ether oxygens (including phenoxy) is 1. The van der Waals surface area contributed by atoms with Crippen LogP contribution in [0.15, 0.2) is 30.3 Å². The molecule has 0 radical (unpaired) electrons. The van der Waals surface area contributed by atoms with E-state index < -0.39 is 0 Å². The van der Waals surface area contributed by atoms with Gasteiger partial charge in [0.15, 0.2) is 0 Å². The minimum Gasteiger partial charge on any atom is -0.494 e. The van der Waals surface area contributed by atoms with Gasteiger partial charge in [0.2, 0.25) is 5.91 Å². The van der Waals surface area contributed by atoms with Crippen LogP contribution in [0.25, 0.3) is 0 Å². The van der Waals surface area contributed by atoms with E-state index in [1.54, 1.807) is 19.0 Å². The van der Waals surface area contributed by atoms with Crippen molar-refractivity contribution in [1.29, 1.82) is 0 Å². The van der Waals surface area contributed by atoms with Gasteiger partial charge < -0.3 is 15.0 Å². The monoisotopic (exact) mass is 250 g/mol. The Bertz CT molecular complexity index is 339. The Hall–Kier alpha value is -1.55. The van der Waals surface area contributed by atoms with Gasteiger partial charge in [-0.1, -0.05) is 18.2 Å². The highest BCUT2D eigenvalue weighted by atomic mass is 16.5. The van der Waals surface area contributed by atoms with Crippen LogP contribution in [0.3, 0.4) is 0 Å². The molecule has 0 saturated carbocycles. The van der Waals surface area contributed by atoms with Crippen LogP contribution in [-0.2, 0) is 4.79 Å². The average Bonchev–Trinajstić information content (AvgIpc) is 2.38. The van der Waals surface area contributed by atoms with E-state index in [4.69, 9.17) is 4.74 Å². The second-order valence-corrected chi connectivity index (χ2v) is 4.30. The molecular formula is C14H22N2O2. The van der Waals surface area contributed by atoms with Crippen molar-refractivity contribution >= 4 is 5.91 Å². The fraction of sp³-hybridized carbons (Fsp3) is 0.500. The van der Waals surface area contributed by atoms with Crippen LogP contribution in [0.4, 0.5) is 0 Å². The Labute approximate surface area is 109 Å². The number of nitrogens with one attached hydrogen (secondary N) is 1. The van der Waals surface area contributed by atoms with Gasteiger partial charge in [0.1, 0.15) is 5.75 Å². The van der Waals surface area contributed by atoms with Gasteiger partial charge in [-0.05, 0) is 25.1 Å². The van der Waals surface area contributed by atoms with Crippen LogP contribution in [0.1, 0.15) is 12.8 Å². The zero-order valence-corrected chi connectivity index (χ0v) is 11.2. The van der Waals surface area contributed by atoms with Crippen LogP contribution >= 0.6 is 0 Å². The Morgan fingerprint density at radius 3 is 2.61 bits per heavy atom. The minimum absolute atomic E-state index is 0.156. The van der Waals surface area contributed by atoms with Crippen molar-refractivity contribution in [1.82, 2.24) is 10.2 Å². The molecular weight excluding hydrogens is 228 g/mol. The first-order valence-corrected chi connectivity index (χ1v) is 6.29. The lowest BCUT2D eigenvalue weighted by molar-refractivity contribution is -0.128. The zero-order valence-electron chi connectivity index (χ0n) is 11.2. The first kappa shape index (κ1) is 14.5. The highest BCUT2D eigenvalue weighted by Gasteiger charge is 2.01. The van der Waals surface area contributed by atoms with E-state index in [1.807, 2.05) is 30.3 Å². The van der Waals surface area contributed by atoms with E-state index >= 15 is 0 Å².